The molecule has 2 N–H and O–H groups in total. The lowest BCUT2D eigenvalue weighted by Crippen LogP contribution is -2.54. The van der Waals surface area contributed by atoms with Gasteiger partial charge >= 0.3 is 0 Å². The van der Waals surface area contributed by atoms with Gasteiger partial charge in [-0.05, 0) is 31.2 Å². The third-order valence-electron chi connectivity index (χ3n) is 5.01. The highest BCUT2D eigenvalue weighted by molar-refractivity contribution is 5.85. The summed E-state index contributed by atoms with van der Waals surface area (Å²) in [6.07, 6.45) is 1.06. The van der Waals surface area contributed by atoms with E-state index in [1.807, 2.05) is 18.2 Å². The number of aldehydes is 1. The number of fused-ring (bicyclic) bond motifs is 1. The average molecular weight is 348 g/mol. The number of nitrogens with one attached hydrogen (secondary N) is 2. The molecule has 1 aromatic heterocycles. The molecule has 0 aliphatic carbocycles. The third-order valence-corrected chi connectivity index (χ3v) is 5.01. The van der Waals surface area contributed by atoms with E-state index in [0.717, 1.165) is 48.6 Å². The smallest absolute Gasteiger partial charge is 0.144 e. The Bertz CT molecular complexity index is 871. The minimum atomic E-state index is -0.175. The lowest BCUT2D eigenvalue weighted by Gasteiger charge is -2.41. The Kier molecular flexibility index (Phi) is 4.52. The normalized spacial score (nSPS) is 17.5. The Morgan fingerprint density at radius 1 is 1.15 bits per heavy atom. The van der Waals surface area contributed by atoms with E-state index in [0.29, 0.717) is 6.54 Å². The summed E-state index contributed by atoms with van der Waals surface area (Å²) in [5.41, 5.74) is 3.39. The number of carbonyl (C=O) groups excluding carboxylic acids is 1. The van der Waals surface area contributed by atoms with E-state index in [1.54, 1.807) is 0 Å². The molecule has 5 heteroatoms. The molecule has 26 heavy (non-hydrogen) atoms. The maximum absolute atomic E-state index is 11.8. The summed E-state index contributed by atoms with van der Waals surface area (Å²) in [5.74, 6) is 1.02. The Labute approximate surface area is 153 Å². The van der Waals surface area contributed by atoms with Crippen LogP contribution in [0.3, 0.4) is 0 Å². The summed E-state index contributed by atoms with van der Waals surface area (Å²) >= 11 is 0. The first-order valence-electron chi connectivity index (χ1n) is 9.17. The maximum atomic E-state index is 11.8. The molecule has 1 saturated heterocycles. The van der Waals surface area contributed by atoms with Crippen LogP contribution in [-0.4, -0.2) is 43.5 Å². The van der Waals surface area contributed by atoms with E-state index in [2.05, 4.69) is 63.4 Å². The third kappa shape index (κ3) is 3.01. The SMILES string of the molecule is CCNc1ccccc1N1CCN(c2cc3ccccc3[nH]2)C(C=O)C1. The van der Waals surface area contributed by atoms with Gasteiger partial charge in [0.25, 0.3) is 0 Å². The molecule has 3 aromatic rings. The fraction of sp³-hybridized carbons (Fsp3) is 0.286. The van der Waals surface area contributed by atoms with Gasteiger partial charge in [0.15, 0.2) is 0 Å². The van der Waals surface area contributed by atoms with E-state index in [-0.39, 0.29) is 6.04 Å². The Hall–Kier alpha value is -2.95. The molecule has 0 bridgehead atoms. The van der Waals surface area contributed by atoms with E-state index < -0.39 is 0 Å². The number of carbonyl (C=O) groups is 1. The highest BCUT2D eigenvalue weighted by atomic mass is 16.1. The van der Waals surface area contributed by atoms with Crippen molar-refractivity contribution in [3.63, 3.8) is 0 Å². The fourth-order valence-electron chi connectivity index (χ4n) is 3.75. The maximum Gasteiger partial charge on any atom is 0.144 e. The van der Waals surface area contributed by atoms with Gasteiger partial charge in [-0.1, -0.05) is 30.3 Å². The second-order valence-electron chi connectivity index (χ2n) is 6.63. The monoisotopic (exact) mass is 348 g/mol. The van der Waals surface area contributed by atoms with E-state index in [4.69, 9.17) is 0 Å². The first kappa shape index (κ1) is 16.5. The van der Waals surface area contributed by atoms with Crippen molar-refractivity contribution in [2.24, 2.45) is 0 Å². The minimum absolute atomic E-state index is 0.175. The largest absolute Gasteiger partial charge is 0.384 e. The standard InChI is InChI=1S/C21H24N4O/c1-2-22-19-9-5-6-10-20(19)24-11-12-25(17(14-24)15-26)21-13-16-7-3-4-8-18(16)23-21/h3-10,13,15,17,22-23H,2,11-12,14H2,1H3. The van der Waals surface area contributed by atoms with E-state index in [1.165, 1.54) is 5.39 Å². The lowest BCUT2D eigenvalue weighted by atomic mass is 10.1. The van der Waals surface area contributed by atoms with Gasteiger partial charge in [-0.3, -0.25) is 0 Å². The first-order valence-corrected chi connectivity index (χ1v) is 9.17. The molecule has 0 radical (unpaired) electrons. The molecule has 1 fully saturated rings. The van der Waals surface area contributed by atoms with Gasteiger partial charge < -0.3 is 24.9 Å². The van der Waals surface area contributed by atoms with Crippen molar-refractivity contribution >= 4 is 34.4 Å². The number of H-pyrrole nitrogens is 1. The van der Waals surface area contributed by atoms with Gasteiger partial charge in [-0.25, -0.2) is 0 Å². The predicted molar refractivity (Wildman–Crippen MR) is 108 cm³/mol. The summed E-state index contributed by atoms with van der Waals surface area (Å²) in [5, 5.41) is 4.59. The molecule has 0 spiro atoms. The average Bonchev–Trinajstić information content (AvgIpc) is 3.12. The molecular formula is C21H24N4O. The van der Waals surface area contributed by atoms with Crippen LogP contribution in [0, 0.1) is 0 Å². The summed E-state index contributed by atoms with van der Waals surface area (Å²) in [4.78, 5) is 19.8. The van der Waals surface area contributed by atoms with Crippen molar-refractivity contribution in [2.45, 2.75) is 13.0 Å². The number of aromatic nitrogens is 1. The van der Waals surface area contributed by atoms with Crippen LogP contribution in [0.4, 0.5) is 17.2 Å². The first-order chi connectivity index (χ1) is 12.8. The quantitative estimate of drug-likeness (QED) is 0.693. The molecule has 2 aromatic carbocycles. The Balaban J connectivity index is 1.58. The van der Waals surface area contributed by atoms with Crippen molar-refractivity contribution in [3.8, 4) is 0 Å². The highest BCUT2D eigenvalue weighted by Gasteiger charge is 2.28. The number of nitrogens with zero attached hydrogens (tertiary/aromatic N) is 2. The van der Waals surface area contributed by atoms with Gasteiger partial charge in [-0.15, -0.1) is 0 Å². The van der Waals surface area contributed by atoms with Crippen LogP contribution in [0.1, 0.15) is 6.92 Å². The molecular weight excluding hydrogens is 324 g/mol. The minimum Gasteiger partial charge on any atom is -0.384 e. The molecule has 1 aliphatic heterocycles. The second-order valence-corrected chi connectivity index (χ2v) is 6.63. The number of para-hydroxylation sites is 3. The molecule has 0 amide bonds. The van der Waals surface area contributed by atoms with Gasteiger partial charge in [0, 0.05) is 37.1 Å². The summed E-state index contributed by atoms with van der Waals surface area (Å²) < 4.78 is 0. The van der Waals surface area contributed by atoms with Crippen LogP contribution in [0.5, 0.6) is 0 Å². The fourth-order valence-corrected chi connectivity index (χ4v) is 3.75. The van der Waals surface area contributed by atoms with Crippen molar-refractivity contribution in [1.29, 1.82) is 0 Å². The molecule has 1 unspecified atom stereocenters. The zero-order chi connectivity index (χ0) is 17.9. The molecule has 1 aliphatic rings. The van der Waals surface area contributed by atoms with Gasteiger partial charge in [0.1, 0.15) is 18.1 Å². The molecule has 1 atom stereocenters. The Morgan fingerprint density at radius 3 is 2.77 bits per heavy atom. The summed E-state index contributed by atoms with van der Waals surface area (Å²) in [6.45, 7) is 5.34. The van der Waals surface area contributed by atoms with Crippen LogP contribution < -0.4 is 15.1 Å². The van der Waals surface area contributed by atoms with Crippen molar-refractivity contribution in [2.75, 3.05) is 41.3 Å². The lowest BCUT2D eigenvalue weighted by molar-refractivity contribution is -0.108. The van der Waals surface area contributed by atoms with Gasteiger partial charge in [0.05, 0.1) is 11.4 Å². The van der Waals surface area contributed by atoms with E-state index in [9.17, 15) is 4.79 Å². The van der Waals surface area contributed by atoms with Gasteiger partial charge in [0.2, 0.25) is 0 Å². The van der Waals surface area contributed by atoms with Crippen LogP contribution in [0.25, 0.3) is 10.9 Å². The van der Waals surface area contributed by atoms with Crippen LogP contribution >= 0.6 is 0 Å². The molecule has 0 saturated carbocycles. The van der Waals surface area contributed by atoms with Crippen LogP contribution in [0.15, 0.2) is 54.6 Å². The summed E-state index contributed by atoms with van der Waals surface area (Å²) in [7, 11) is 0. The molecule has 4 rings (SSSR count). The number of aromatic amines is 1. The van der Waals surface area contributed by atoms with Crippen molar-refractivity contribution in [3.05, 3.63) is 54.6 Å². The number of piperazine rings is 1. The van der Waals surface area contributed by atoms with Crippen LogP contribution in [0.2, 0.25) is 0 Å². The predicted octanol–water partition coefficient (Wildman–Crippen LogP) is 3.49. The molecule has 5 nitrogen and oxygen atoms in total. The zero-order valence-electron chi connectivity index (χ0n) is 15.0. The van der Waals surface area contributed by atoms with Crippen LogP contribution in [-0.2, 0) is 4.79 Å². The highest BCUT2D eigenvalue weighted by Crippen LogP contribution is 2.30. The van der Waals surface area contributed by atoms with E-state index >= 15 is 0 Å². The Morgan fingerprint density at radius 2 is 1.96 bits per heavy atom. The molecule has 134 valence electrons. The number of anilines is 3. The number of rotatable bonds is 5. The second kappa shape index (κ2) is 7.12. The summed E-state index contributed by atoms with van der Waals surface area (Å²) in [6, 6.07) is 18.5. The number of hydrogen-bond donors (Lipinski definition) is 2. The topological polar surface area (TPSA) is 51.4 Å². The van der Waals surface area contributed by atoms with Gasteiger partial charge in [-0.2, -0.15) is 0 Å². The number of hydrogen-bond acceptors (Lipinski definition) is 4. The van der Waals surface area contributed by atoms with Crippen molar-refractivity contribution in [1.82, 2.24) is 4.98 Å². The van der Waals surface area contributed by atoms with Crippen molar-refractivity contribution < 1.29 is 4.79 Å². The number of benzene rings is 2. The zero-order valence-corrected chi connectivity index (χ0v) is 15.0. The molecule has 2 heterocycles.